The van der Waals surface area contributed by atoms with Crippen LogP contribution in [-0.2, 0) is 25.5 Å². The fourth-order valence-corrected chi connectivity index (χ4v) is 1.59. The first-order valence-electron chi connectivity index (χ1n) is 6.28. The van der Waals surface area contributed by atoms with Gasteiger partial charge in [0.2, 0.25) is 5.91 Å². The Bertz CT molecular complexity index is 445. The highest BCUT2D eigenvalue weighted by Gasteiger charge is 2.12. The molecule has 0 aliphatic heterocycles. The van der Waals surface area contributed by atoms with Crippen LogP contribution >= 0.6 is 0 Å². The van der Waals surface area contributed by atoms with E-state index in [4.69, 9.17) is 10.5 Å². The van der Waals surface area contributed by atoms with E-state index in [9.17, 15) is 9.59 Å². The van der Waals surface area contributed by atoms with Crippen LogP contribution in [0.1, 0.15) is 12.0 Å². The molecule has 0 aliphatic rings. The van der Waals surface area contributed by atoms with Crippen LogP contribution < -0.4 is 11.1 Å². The standard InChI is InChI=1S/C14H20N2O4/c1-19-9-12(15)14(18)16-11-6-3-10(4-7-11)5-8-13(17)20-2/h3-4,6-7,12H,5,8-9,15H2,1-2H3,(H,16,18). The summed E-state index contributed by atoms with van der Waals surface area (Å²) in [5.74, 6) is -0.540. The Kier molecular flexibility index (Phi) is 6.69. The van der Waals surface area contributed by atoms with Crippen molar-refractivity contribution in [3.63, 3.8) is 0 Å². The molecule has 3 N–H and O–H groups in total. The van der Waals surface area contributed by atoms with E-state index in [1.165, 1.54) is 14.2 Å². The number of hydrogen-bond donors (Lipinski definition) is 2. The molecule has 0 radical (unpaired) electrons. The van der Waals surface area contributed by atoms with Crippen molar-refractivity contribution < 1.29 is 19.1 Å². The third kappa shape index (κ3) is 5.38. The summed E-state index contributed by atoms with van der Waals surface area (Å²) >= 11 is 0. The van der Waals surface area contributed by atoms with Crippen LogP contribution in [-0.4, -0.2) is 38.7 Å². The molecule has 6 nitrogen and oxygen atoms in total. The van der Waals surface area contributed by atoms with E-state index in [-0.39, 0.29) is 18.5 Å². The maximum absolute atomic E-state index is 11.7. The summed E-state index contributed by atoms with van der Waals surface area (Å²) in [5, 5.41) is 2.69. The lowest BCUT2D eigenvalue weighted by Gasteiger charge is -2.11. The van der Waals surface area contributed by atoms with Gasteiger partial charge < -0.3 is 20.5 Å². The van der Waals surface area contributed by atoms with Crippen molar-refractivity contribution in [3.8, 4) is 0 Å². The molecule has 0 aromatic heterocycles. The normalized spacial score (nSPS) is 11.8. The average Bonchev–Trinajstić information content (AvgIpc) is 2.46. The van der Waals surface area contributed by atoms with E-state index < -0.39 is 6.04 Å². The van der Waals surface area contributed by atoms with Gasteiger partial charge >= 0.3 is 5.97 Å². The highest BCUT2D eigenvalue weighted by atomic mass is 16.5. The molecule has 110 valence electrons. The number of carbonyl (C=O) groups excluding carboxylic acids is 2. The quantitative estimate of drug-likeness (QED) is 0.718. The number of amides is 1. The lowest BCUT2D eigenvalue weighted by atomic mass is 10.1. The van der Waals surface area contributed by atoms with Gasteiger partial charge in [-0.15, -0.1) is 0 Å². The molecule has 0 aliphatic carbocycles. The van der Waals surface area contributed by atoms with E-state index in [2.05, 4.69) is 10.1 Å². The van der Waals surface area contributed by atoms with Gasteiger partial charge in [0.05, 0.1) is 13.7 Å². The maximum atomic E-state index is 11.7. The lowest BCUT2D eigenvalue weighted by Crippen LogP contribution is -2.39. The van der Waals surface area contributed by atoms with Crippen LogP contribution in [0.4, 0.5) is 5.69 Å². The fraction of sp³-hybridized carbons (Fsp3) is 0.429. The molecular weight excluding hydrogens is 260 g/mol. The van der Waals surface area contributed by atoms with Gasteiger partial charge in [-0.05, 0) is 24.1 Å². The molecule has 0 saturated carbocycles. The SMILES string of the molecule is COCC(N)C(=O)Nc1ccc(CCC(=O)OC)cc1. The monoisotopic (exact) mass is 280 g/mol. The second-order valence-electron chi connectivity index (χ2n) is 4.32. The number of ether oxygens (including phenoxy) is 2. The first kappa shape index (κ1) is 16.1. The number of nitrogens with two attached hydrogens (primary N) is 1. The van der Waals surface area contributed by atoms with Crippen molar-refractivity contribution in [1.82, 2.24) is 0 Å². The Morgan fingerprint density at radius 2 is 1.90 bits per heavy atom. The van der Waals surface area contributed by atoms with Crippen molar-refractivity contribution in [2.75, 3.05) is 26.1 Å². The van der Waals surface area contributed by atoms with Gasteiger partial charge in [-0.25, -0.2) is 0 Å². The predicted molar refractivity (Wildman–Crippen MR) is 75.3 cm³/mol. The number of esters is 1. The molecule has 0 bridgehead atoms. The number of carbonyl (C=O) groups is 2. The van der Waals surface area contributed by atoms with Gasteiger partial charge in [-0.2, -0.15) is 0 Å². The second kappa shape index (κ2) is 8.29. The van der Waals surface area contributed by atoms with E-state index in [1.807, 2.05) is 12.1 Å². The Morgan fingerprint density at radius 3 is 2.45 bits per heavy atom. The van der Waals surface area contributed by atoms with Gasteiger partial charge in [0.25, 0.3) is 0 Å². The van der Waals surface area contributed by atoms with E-state index in [0.717, 1.165) is 5.56 Å². The predicted octanol–water partition coefficient (Wildman–Crippen LogP) is 0.704. The number of aryl methyl sites for hydroxylation is 1. The fourth-order valence-electron chi connectivity index (χ4n) is 1.59. The van der Waals surface area contributed by atoms with Gasteiger partial charge in [0.1, 0.15) is 6.04 Å². The Hall–Kier alpha value is -1.92. The Morgan fingerprint density at radius 1 is 1.25 bits per heavy atom. The minimum atomic E-state index is -0.695. The average molecular weight is 280 g/mol. The minimum Gasteiger partial charge on any atom is -0.469 e. The molecular formula is C14H20N2O4. The first-order chi connectivity index (χ1) is 9.56. The van der Waals surface area contributed by atoms with Gasteiger partial charge in [-0.3, -0.25) is 9.59 Å². The minimum absolute atomic E-state index is 0.170. The number of nitrogens with one attached hydrogen (secondary N) is 1. The van der Waals surface area contributed by atoms with Crippen molar-refractivity contribution >= 4 is 17.6 Å². The first-order valence-corrected chi connectivity index (χ1v) is 6.28. The topological polar surface area (TPSA) is 90.6 Å². The summed E-state index contributed by atoms with van der Waals surface area (Å²) in [6.07, 6.45) is 0.936. The van der Waals surface area contributed by atoms with Gasteiger partial charge in [0, 0.05) is 19.2 Å². The van der Waals surface area contributed by atoms with Crippen LogP contribution in [0.25, 0.3) is 0 Å². The highest BCUT2D eigenvalue weighted by Crippen LogP contribution is 2.11. The number of rotatable bonds is 7. The molecule has 0 fully saturated rings. The molecule has 0 spiro atoms. The Labute approximate surface area is 118 Å². The van der Waals surface area contributed by atoms with Crippen LogP contribution in [0.2, 0.25) is 0 Å². The summed E-state index contributed by atoms with van der Waals surface area (Å²) in [4.78, 5) is 22.7. The van der Waals surface area contributed by atoms with Crippen molar-refractivity contribution in [2.24, 2.45) is 5.73 Å². The van der Waals surface area contributed by atoms with E-state index in [1.54, 1.807) is 12.1 Å². The summed E-state index contributed by atoms with van der Waals surface area (Å²) in [7, 11) is 2.85. The number of hydrogen-bond acceptors (Lipinski definition) is 5. The highest BCUT2D eigenvalue weighted by molar-refractivity contribution is 5.94. The van der Waals surface area contributed by atoms with Crippen LogP contribution in [0.15, 0.2) is 24.3 Å². The molecule has 6 heteroatoms. The maximum Gasteiger partial charge on any atom is 0.305 e. The van der Waals surface area contributed by atoms with Crippen LogP contribution in [0.3, 0.4) is 0 Å². The number of anilines is 1. The summed E-state index contributed by atoms with van der Waals surface area (Å²) in [6, 6.07) is 6.54. The molecule has 20 heavy (non-hydrogen) atoms. The molecule has 1 aromatic carbocycles. The zero-order valence-corrected chi connectivity index (χ0v) is 11.7. The zero-order valence-electron chi connectivity index (χ0n) is 11.7. The van der Waals surface area contributed by atoms with Crippen LogP contribution in [0, 0.1) is 0 Å². The largest absolute Gasteiger partial charge is 0.469 e. The van der Waals surface area contributed by atoms with Gasteiger partial charge in [0.15, 0.2) is 0 Å². The number of methoxy groups -OCH3 is 2. The van der Waals surface area contributed by atoms with Crippen LogP contribution in [0.5, 0.6) is 0 Å². The van der Waals surface area contributed by atoms with Crippen molar-refractivity contribution in [3.05, 3.63) is 29.8 Å². The van der Waals surface area contributed by atoms with E-state index >= 15 is 0 Å². The van der Waals surface area contributed by atoms with Crippen molar-refractivity contribution in [2.45, 2.75) is 18.9 Å². The summed E-state index contributed by atoms with van der Waals surface area (Å²) in [5.41, 5.74) is 7.26. The molecule has 0 saturated heterocycles. The summed E-state index contributed by atoms with van der Waals surface area (Å²) < 4.78 is 9.39. The smallest absolute Gasteiger partial charge is 0.305 e. The molecule has 1 unspecified atom stereocenters. The third-order valence-corrected chi connectivity index (χ3v) is 2.75. The molecule has 1 rings (SSSR count). The summed E-state index contributed by atoms with van der Waals surface area (Å²) in [6.45, 7) is 0.170. The molecule has 1 atom stereocenters. The third-order valence-electron chi connectivity index (χ3n) is 2.75. The van der Waals surface area contributed by atoms with E-state index in [0.29, 0.717) is 18.5 Å². The molecule has 0 heterocycles. The second-order valence-corrected chi connectivity index (χ2v) is 4.32. The van der Waals surface area contributed by atoms with Crippen molar-refractivity contribution in [1.29, 1.82) is 0 Å². The molecule has 1 amide bonds. The number of benzene rings is 1. The molecule has 1 aromatic rings. The zero-order chi connectivity index (χ0) is 15.0. The lowest BCUT2D eigenvalue weighted by molar-refractivity contribution is -0.140. The Balaban J connectivity index is 2.50. The van der Waals surface area contributed by atoms with Gasteiger partial charge in [-0.1, -0.05) is 12.1 Å².